The molecule has 0 aliphatic carbocycles. The third kappa shape index (κ3) is 6.08. The predicted molar refractivity (Wildman–Crippen MR) is 82.8 cm³/mol. The van der Waals surface area contributed by atoms with E-state index in [1.54, 1.807) is 0 Å². The fourth-order valence-electron chi connectivity index (χ4n) is 1.73. The summed E-state index contributed by atoms with van der Waals surface area (Å²) < 4.78 is 5.35. The van der Waals surface area contributed by atoms with Crippen LogP contribution in [-0.2, 0) is 9.59 Å². The number of benzene rings is 1. The number of carboxylic acids is 1. The summed E-state index contributed by atoms with van der Waals surface area (Å²) >= 11 is 1.39. The third-order valence-corrected chi connectivity index (χ3v) is 3.74. The molecule has 1 aromatic carbocycles. The normalized spacial score (nSPS) is 10.5. The van der Waals surface area contributed by atoms with Gasteiger partial charge >= 0.3 is 5.97 Å². The fraction of sp³-hybridized carbons (Fsp3) is 0.467. The first-order chi connectivity index (χ1) is 9.93. The van der Waals surface area contributed by atoms with Gasteiger partial charge in [-0.2, -0.15) is 0 Å². The molecule has 1 amide bonds. The van der Waals surface area contributed by atoms with Crippen molar-refractivity contribution in [1.29, 1.82) is 0 Å². The lowest BCUT2D eigenvalue weighted by Gasteiger charge is -2.24. The predicted octanol–water partition coefficient (Wildman–Crippen LogP) is 2.50. The molecule has 0 saturated carbocycles. The standard InChI is InChI=1S/C15H21NO4S/c1-4-20-12-5-7-13(8-6-12)21-10-14(17)16(11(2)3)9-15(18)19/h5-8,11H,4,9-10H2,1-3H3,(H,18,19). The molecular formula is C15H21NO4S. The summed E-state index contributed by atoms with van der Waals surface area (Å²) in [6.45, 7) is 5.89. The van der Waals surface area contributed by atoms with Gasteiger partial charge < -0.3 is 14.7 Å². The number of thioether (sulfide) groups is 1. The van der Waals surface area contributed by atoms with Crippen LogP contribution in [0.2, 0.25) is 0 Å². The lowest BCUT2D eigenvalue weighted by Crippen LogP contribution is -2.41. The van der Waals surface area contributed by atoms with Crippen LogP contribution in [0.1, 0.15) is 20.8 Å². The van der Waals surface area contributed by atoms with Gasteiger partial charge in [0.15, 0.2) is 0 Å². The first-order valence-electron chi connectivity index (χ1n) is 6.81. The van der Waals surface area contributed by atoms with Crippen LogP contribution in [-0.4, -0.2) is 46.8 Å². The average Bonchev–Trinajstić information content (AvgIpc) is 2.43. The zero-order chi connectivity index (χ0) is 15.8. The minimum atomic E-state index is -0.997. The molecule has 6 heteroatoms. The van der Waals surface area contributed by atoms with Gasteiger partial charge in [-0.05, 0) is 45.0 Å². The number of nitrogens with zero attached hydrogens (tertiary/aromatic N) is 1. The van der Waals surface area contributed by atoms with E-state index in [1.165, 1.54) is 16.7 Å². The molecule has 0 unspecified atom stereocenters. The highest BCUT2D eigenvalue weighted by atomic mass is 32.2. The second kappa shape index (κ2) is 8.56. The first-order valence-corrected chi connectivity index (χ1v) is 7.79. The molecule has 0 spiro atoms. The van der Waals surface area contributed by atoms with Crippen molar-refractivity contribution in [3.05, 3.63) is 24.3 Å². The Labute approximate surface area is 129 Å². The summed E-state index contributed by atoms with van der Waals surface area (Å²) in [7, 11) is 0. The van der Waals surface area contributed by atoms with Gasteiger partial charge in [0, 0.05) is 10.9 Å². The van der Waals surface area contributed by atoms with Gasteiger partial charge in [0.2, 0.25) is 5.91 Å². The van der Waals surface area contributed by atoms with Gasteiger partial charge in [-0.25, -0.2) is 0 Å². The van der Waals surface area contributed by atoms with Gasteiger partial charge in [-0.15, -0.1) is 11.8 Å². The molecule has 21 heavy (non-hydrogen) atoms. The van der Waals surface area contributed by atoms with Gasteiger partial charge in [-0.3, -0.25) is 9.59 Å². The third-order valence-electron chi connectivity index (χ3n) is 2.75. The van der Waals surface area contributed by atoms with Crippen LogP contribution >= 0.6 is 11.8 Å². The molecule has 0 saturated heterocycles. The van der Waals surface area contributed by atoms with Crippen LogP contribution in [0.3, 0.4) is 0 Å². The molecule has 0 aliphatic rings. The zero-order valence-corrected chi connectivity index (χ0v) is 13.4. The lowest BCUT2D eigenvalue weighted by atomic mass is 10.3. The van der Waals surface area contributed by atoms with Gasteiger partial charge in [-0.1, -0.05) is 0 Å². The van der Waals surface area contributed by atoms with Crippen LogP contribution in [0.15, 0.2) is 29.2 Å². The van der Waals surface area contributed by atoms with E-state index in [0.717, 1.165) is 10.6 Å². The molecule has 0 aromatic heterocycles. The van der Waals surface area contributed by atoms with Crippen molar-refractivity contribution in [2.75, 3.05) is 18.9 Å². The molecule has 1 rings (SSSR count). The monoisotopic (exact) mass is 311 g/mol. The van der Waals surface area contributed by atoms with Crippen molar-refractivity contribution >= 4 is 23.6 Å². The molecule has 0 bridgehead atoms. The molecular weight excluding hydrogens is 290 g/mol. The Balaban J connectivity index is 2.56. The van der Waals surface area contributed by atoms with E-state index in [1.807, 2.05) is 45.0 Å². The maximum Gasteiger partial charge on any atom is 0.323 e. The summed E-state index contributed by atoms with van der Waals surface area (Å²) in [5.74, 6) is -0.156. The van der Waals surface area contributed by atoms with Gasteiger partial charge in [0.05, 0.1) is 12.4 Å². The number of amides is 1. The summed E-state index contributed by atoms with van der Waals surface area (Å²) in [5.41, 5.74) is 0. The van der Waals surface area contributed by atoms with Crippen molar-refractivity contribution in [2.24, 2.45) is 0 Å². The van der Waals surface area contributed by atoms with Crippen LogP contribution in [0, 0.1) is 0 Å². The number of ether oxygens (including phenoxy) is 1. The highest BCUT2D eigenvalue weighted by Crippen LogP contribution is 2.22. The van der Waals surface area contributed by atoms with E-state index in [4.69, 9.17) is 9.84 Å². The Bertz CT molecular complexity index is 473. The summed E-state index contributed by atoms with van der Waals surface area (Å²) in [6, 6.07) is 7.36. The Hall–Kier alpha value is -1.69. The van der Waals surface area contributed by atoms with Crippen molar-refractivity contribution in [1.82, 2.24) is 4.90 Å². The molecule has 5 nitrogen and oxygen atoms in total. The molecule has 0 atom stereocenters. The lowest BCUT2D eigenvalue weighted by molar-refractivity contribution is -0.144. The zero-order valence-electron chi connectivity index (χ0n) is 12.5. The van der Waals surface area contributed by atoms with Crippen molar-refractivity contribution < 1.29 is 19.4 Å². The maximum absolute atomic E-state index is 12.1. The Kier molecular flexibility index (Phi) is 7.08. The Morgan fingerprint density at radius 3 is 2.38 bits per heavy atom. The molecule has 116 valence electrons. The quantitative estimate of drug-likeness (QED) is 0.747. The van der Waals surface area contributed by atoms with E-state index in [-0.39, 0.29) is 24.2 Å². The number of carbonyl (C=O) groups excluding carboxylic acids is 1. The first kappa shape index (κ1) is 17.4. The maximum atomic E-state index is 12.1. The fourth-order valence-corrected chi connectivity index (χ4v) is 2.52. The second-order valence-electron chi connectivity index (χ2n) is 4.70. The van der Waals surface area contributed by atoms with Crippen LogP contribution in [0.5, 0.6) is 5.75 Å². The van der Waals surface area contributed by atoms with E-state index < -0.39 is 5.97 Å². The Morgan fingerprint density at radius 1 is 1.29 bits per heavy atom. The molecule has 0 radical (unpaired) electrons. The van der Waals surface area contributed by atoms with Crippen molar-refractivity contribution in [2.45, 2.75) is 31.7 Å². The molecule has 0 fully saturated rings. The number of carbonyl (C=O) groups is 2. The number of hydrogen-bond donors (Lipinski definition) is 1. The highest BCUT2D eigenvalue weighted by Gasteiger charge is 2.19. The smallest absolute Gasteiger partial charge is 0.323 e. The minimum Gasteiger partial charge on any atom is -0.494 e. The van der Waals surface area contributed by atoms with E-state index in [9.17, 15) is 9.59 Å². The molecule has 0 heterocycles. The second-order valence-corrected chi connectivity index (χ2v) is 5.75. The van der Waals surface area contributed by atoms with Crippen LogP contribution in [0.4, 0.5) is 0 Å². The largest absolute Gasteiger partial charge is 0.494 e. The van der Waals surface area contributed by atoms with Crippen molar-refractivity contribution in [3.63, 3.8) is 0 Å². The van der Waals surface area contributed by atoms with E-state index in [0.29, 0.717) is 6.61 Å². The van der Waals surface area contributed by atoms with Gasteiger partial charge in [0.1, 0.15) is 12.3 Å². The highest BCUT2D eigenvalue weighted by molar-refractivity contribution is 8.00. The summed E-state index contributed by atoms with van der Waals surface area (Å²) in [5, 5.41) is 8.83. The average molecular weight is 311 g/mol. The molecule has 1 aromatic rings. The SMILES string of the molecule is CCOc1ccc(SCC(=O)N(CC(=O)O)C(C)C)cc1. The van der Waals surface area contributed by atoms with E-state index in [2.05, 4.69) is 0 Å². The summed E-state index contributed by atoms with van der Waals surface area (Å²) in [6.07, 6.45) is 0. The van der Waals surface area contributed by atoms with Crippen LogP contribution in [0.25, 0.3) is 0 Å². The minimum absolute atomic E-state index is 0.130. The number of aliphatic carboxylic acids is 1. The van der Waals surface area contributed by atoms with Crippen molar-refractivity contribution in [3.8, 4) is 5.75 Å². The number of hydrogen-bond acceptors (Lipinski definition) is 4. The topological polar surface area (TPSA) is 66.8 Å². The van der Waals surface area contributed by atoms with Gasteiger partial charge in [0.25, 0.3) is 0 Å². The Morgan fingerprint density at radius 2 is 1.90 bits per heavy atom. The summed E-state index contributed by atoms with van der Waals surface area (Å²) in [4.78, 5) is 25.2. The van der Waals surface area contributed by atoms with E-state index >= 15 is 0 Å². The number of carboxylic acid groups (broad SMARTS) is 1. The van der Waals surface area contributed by atoms with Crippen LogP contribution < -0.4 is 4.74 Å². The molecule has 0 aliphatic heterocycles. The molecule has 1 N–H and O–H groups in total. The number of rotatable bonds is 8.